The third-order valence-corrected chi connectivity index (χ3v) is 2.72. The molecule has 0 spiro atoms. The van der Waals surface area contributed by atoms with Crippen molar-refractivity contribution in [3.63, 3.8) is 0 Å². The molecule has 0 amide bonds. The lowest BCUT2D eigenvalue weighted by atomic mass is 10.3. The lowest BCUT2D eigenvalue weighted by Gasteiger charge is -1.96. The van der Waals surface area contributed by atoms with Crippen molar-refractivity contribution in [2.24, 2.45) is 9.98 Å². The van der Waals surface area contributed by atoms with Crippen molar-refractivity contribution in [3.8, 4) is 0 Å². The number of hydrogen-bond acceptors (Lipinski definition) is 4. The average molecular weight is 194 g/mol. The van der Waals surface area contributed by atoms with Gasteiger partial charge in [-0.2, -0.15) is 0 Å². The molecule has 13 heavy (non-hydrogen) atoms. The Bertz CT molecular complexity index is 368. The number of hydrogen-bond donors (Lipinski definition) is 1. The van der Waals surface area contributed by atoms with Crippen LogP contribution >= 0.6 is 11.8 Å². The lowest BCUT2D eigenvalue weighted by Crippen LogP contribution is -2.10. The number of carboxylic acid groups (broad SMARTS) is 1. The molecule has 1 unspecified atom stereocenters. The summed E-state index contributed by atoms with van der Waals surface area (Å²) in [5.74, 6) is -0.906. The summed E-state index contributed by atoms with van der Waals surface area (Å²) >= 11 is 1.23. The minimum absolute atomic E-state index is 0.697. The molecule has 0 radical (unpaired) electrons. The number of rotatable bonds is 1. The summed E-state index contributed by atoms with van der Waals surface area (Å²) < 4.78 is 0. The number of aliphatic carboxylic acids is 1. The fourth-order valence-corrected chi connectivity index (χ4v) is 1.91. The Morgan fingerprint density at radius 3 is 3.23 bits per heavy atom. The van der Waals surface area contributed by atoms with E-state index in [0.717, 1.165) is 4.91 Å². The molecule has 2 rings (SSSR count). The molecule has 2 aliphatic rings. The van der Waals surface area contributed by atoms with E-state index in [0.29, 0.717) is 5.71 Å². The number of allylic oxidation sites excluding steroid dienone is 3. The van der Waals surface area contributed by atoms with E-state index in [2.05, 4.69) is 9.98 Å². The maximum absolute atomic E-state index is 10.6. The van der Waals surface area contributed by atoms with Gasteiger partial charge < -0.3 is 5.11 Å². The monoisotopic (exact) mass is 194 g/mol. The van der Waals surface area contributed by atoms with Crippen LogP contribution in [0.3, 0.4) is 0 Å². The van der Waals surface area contributed by atoms with Crippen LogP contribution in [0.5, 0.6) is 0 Å². The van der Waals surface area contributed by atoms with Gasteiger partial charge in [-0.15, -0.1) is 0 Å². The van der Waals surface area contributed by atoms with Crippen molar-refractivity contribution in [1.29, 1.82) is 0 Å². The maximum atomic E-state index is 10.6. The van der Waals surface area contributed by atoms with E-state index in [-0.39, 0.29) is 0 Å². The van der Waals surface area contributed by atoms with E-state index in [9.17, 15) is 4.79 Å². The van der Waals surface area contributed by atoms with E-state index >= 15 is 0 Å². The molecule has 1 N–H and O–H groups in total. The highest BCUT2D eigenvalue weighted by Crippen LogP contribution is 2.32. The summed E-state index contributed by atoms with van der Waals surface area (Å²) in [4.78, 5) is 19.4. The van der Waals surface area contributed by atoms with Gasteiger partial charge in [-0.1, -0.05) is 11.8 Å². The molecule has 0 bridgehead atoms. The van der Waals surface area contributed by atoms with Crippen LogP contribution in [0.25, 0.3) is 0 Å². The molecule has 0 aromatic heterocycles. The SMILES string of the molecule is O=C(O)C1N=C2C=CN=CC=C2S1. The highest BCUT2D eigenvalue weighted by molar-refractivity contribution is 8.05. The smallest absolute Gasteiger partial charge is 0.339 e. The Hall–Kier alpha value is -1.36. The van der Waals surface area contributed by atoms with Gasteiger partial charge in [0.1, 0.15) is 0 Å². The highest BCUT2D eigenvalue weighted by Gasteiger charge is 2.27. The Morgan fingerprint density at radius 1 is 1.62 bits per heavy atom. The molecule has 2 heterocycles. The second-order valence-electron chi connectivity index (χ2n) is 2.47. The van der Waals surface area contributed by atoms with E-state index in [1.54, 1.807) is 24.6 Å². The number of fused-ring (bicyclic) bond motifs is 1. The first-order chi connectivity index (χ1) is 6.27. The van der Waals surface area contributed by atoms with Gasteiger partial charge in [-0.3, -0.25) is 9.98 Å². The maximum Gasteiger partial charge on any atom is 0.339 e. The third-order valence-electron chi connectivity index (χ3n) is 1.59. The van der Waals surface area contributed by atoms with Crippen LogP contribution < -0.4 is 0 Å². The molecule has 66 valence electrons. The zero-order valence-corrected chi connectivity index (χ0v) is 7.36. The van der Waals surface area contributed by atoms with Crippen molar-refractivity contribution in [3.05, 3.63) is 23.3 Å². The van der Waals surface area contributed by atoms with Crippen molar-refractivity contribution >= 4 is 29.7 Å². The van der Waals surface area contributed by atoms with Gasteiger partial charge in [0.25, 0.3) is 0 Å². The topological polar surface area (TPSA) is 62.0 Å². The van der Waals surface area contributed by atoms with Gasteiger partial charge in [-0.05, 0) is 12.2 Å². The van der Waals surface area contributed by atoms with Crippen LogP contribution in [0.1, 0.15) is 0 Å². The summed E-state index contributed by atoms with van der Waals surface area (Å²) in [5.41, 5.74) is 0.704. The largest absolute Gasteiger partial charge is 0.479 e. The number of thioether (sulfide) groups is 1. The molecule has 4 nitrogen and oxygen atoms in total. The van der Waals surface area contributed by atoms with Crippen LogP contribution in [0.4, 0.5) is 0 Å². The first-order valence-corrected chi connectivity index (χ1v) is 4.53. The fraction of sp³-hybridized carbons (Fsp3) is 0.125. The number of aliphatic imine (C=N–C) groups is 2. The van der Waals surface area contributed by atoms with Gasteiger partial charge in [0, 0.05) is 17.3 Å². The summed E-state index contributed by atoms with van der Waals surface area (Å²) in [6.45, 7) is 0. The van der Waals surface area contributed by atoms with Crippen LogP contribution in [0.15, 0.2) is 33.2 Å². The van der Waals surface area contributed by atoms with Crippen molar-refractivity contribution in [2.75, 3.05) is 0 Å². The molecular formula is C8H6N2O2S. The van der Waals surface area contributed by atoms with Gasteiger partial charge in [0.15, 0.2) is 5.37 Å². The van der Waals surface area contributed by atoms with Gasteiger partial charge in [0.05, 0.1) is 5.71 Å². The molecule has 0 aromatic carbocycles. The van der Waals surface area contributed by atoms with E-state index < -0.39 is 11.3 Å². The summed E-state index contributed by atoms with van der Waals surface area (Å²) in [7, 11) is 0. The highest BCUT2D eigenvalue weighted by atomic mass is 32.2. The fourth-order valence-electron chi connectivity index (χ4n) is 1.03. The molecule has 0 saturated carbocycles. The van der Waals surface area contributed by atoms with Gasteiger partial charge in [0.2, 0.25) is 0 Å². The normalized spacial score (nSPS) is 24.8. The van der Waals surface area contributed by atoms with E-state index in [1.807, 2.05) is 0 Å². The lowest BCUT2D eigenvalue weighted by molar-refractivity contribution is -0.136. The van der Waals surface area contributed by atoms with Gasteiger partial charge >= 0.3 is 5.97 Å². The molecular weight excluding hydrogens is 188 g/mol. The minimum atomic E-state index is -0.906. The second-order valence-corrected chi connectivity index (χ2v) is 3.59. The molecule has 1 atom stereocenters. The molecule has 0 aromatic rings. The summed E-state index contributed by atoms with van der Waals surface area (Å²) in [6, 6.07) is 0. The molecule has 0 saturated heterocycles. The number of carbonyl (C=O) groups is 1. The Kier molecular flexibility index (Phi) is 2.02. The predicted octanol–water partition coefficient (Wildman–Crippen LogP) is 1.07. The standard InChI is InChI=1S/C8H6N2O2S/c11-8(12)7-10-5-1-3-9-4-2-6(5)13-7/h1-4,7H,(H,11,12). The Labute approximate surface area is 78.8 Å². The quantitative estimate of drug-likeness (QED) is 0.679. The first-order valence-electron chi connectivity index (χ1n) is 3.65. The second kappa shape index (κ2) is 3.18. The molecule has 0 fully saturated rings. The number of carboxylic acids is 1. The summed E-state index contributed by atoms with van der Waals surface area (Å²) in [5, 5.41) is 8.02. The van der Waals surface area contributed by atoms with Crippen LogP contribution in [-0.2, 0) is 4.79 Å². The van der Waals surface area contributed by atoms with Crippen LogP contribution in [0, 0.1) is 0 Å². The molecule has 2 aliphatic heterocycles. The third kappa shape index (κ3) is 1.55. The van der Waals surface area contributed by atoms with Crippen molar-refractivity contribution in [1.82, 2.24) is 0 Å². The Balaban J connectivity index is 2.31. The first kappa shape index (κ1) is 8.25. The predicted molar refractivity (Wildman–Crippen MR) is 52.2 cm³/mol. The van der Waals surface area contributed by atoms with Crippen LogP contribution in [-0.4, -0.2) is 28.4 Å². The zero-order valence-electron chi connectivity index (χ0n) is 6.54. The number of nitrogens with zero attached hydrogens (tertiary/aromatic N) is 2. The van der Waals surface area contributed by atoms with Crippen molar-refractivity contribution in [2.45, 2.75) is 5.37 Å². The minimum Gasteiger partial charge on any atom is -0.479 e. The summed E-state index contributed by atoms with van der Waals surface area (Å²) in [6.07, 6.45) is 6.72. The Morgan fingerprint density at radius 2 is 2.46 bits per heavy atom. The zero-order chi connectivity index (χ0) is 9.26. The van der Waals surface area contributed by atoms with E-state index in [4.69, 9.17) is 5.11 Å². The molecule has 0 aliphatic carbocycles. The van der Waals surface area contributed by atoms with Crippen molar-refractivity contribution < 1.29 is 9.90 Å². The molecule has 5 heteroatoms. The average Bonchev–Trinajstić information content (AvgIpc) is 2.38. The van der Waals surface area contributed by atoms with Gasteiger partial charge in [-0.25, -0.2) is 4.79 Å². The van der Waals surface area contributed by atoms with Crippen LogP contribution in [0.2, 0.25) is 0 Å². The van der Waals surface area contributed by atoms with E-state index in [1.165, 1.54) is 11.8 Å².